The highest BCUT2D eigenvalue weighted by atomic mass is 15.2. The van der Waals surface area contributed by atoms with Crippen LogP contribution in [0, 0.1) is 0 Å². The zero-order chi connectivity index (χ0) is 16.8. The molecule has 0 spiro atoms. The second-order valence-electron chi connectivity index (χ2n) is 5.88. The molecule has 0 radical (unpaired) electrons. The van der Waals surface area contributed by atoms with Crippen molar-refractivity contribution in [3.63, 3.8) is 0 Å². The number of hydrogen-bond acceptors (Lipinski definition) is 4. The number of aryl methyl sites for hydroxylation is 1. The summed E-state index contributed by atoms with van der Waals surface area (Å²) in [5.41, 5.74) is 4.61. The zero-order valence-electron chi connectivity index (χ0n) is 13.5. The van der Waals surface area contributed by atoms with Crippen molar-refractivity contribution in [3.8, 4) is 17.2 Å². The van der Waals surface area contributed by atoms with Crippen LogP contribution in [0.2, 0.25) is 0 Å². The minimum absolute atomic E-state index is 0.599. The van der Waals surface area contributed by atoms with Crippen LogP contribution in [0.1, 0.15) is 0 Å². The van der Waals surface area contributed by atoms with Gasteiger partial charge >= 0.3 is 0 Å². The van der Waals surface area contributed by atoms with Gasteiger partial charge < -0.3 is 4.57 Å². The van der Waals surface area contributed by atoms with Crippen LogP contribution in [0.25, 0.3) is 39.3 Å². The van der Waals surface area contributed by atoms with Gasteiger partial charge in [0.1, 0.15) is 12.0 Å². The first-order valence-corrected chi connectivity index (χ1v) is 7.97. The molecule has 0 saturated carbocycles. The molecule has 1 aromatic carbocycles. The monoisotopic (exact) mass is 326 g/mol. The fraction of sp³-hybridized carbons (Fsp3) is 0.0526. The third-order valence-corrected chi connectivity index (χ3v) is 4.32. The molecular formula is C19H14N6. The van der Waals surface area contributed by atoms with Crippen LogP contribution in [-0.2, 0) is 7.05 Å². The predicted molar refractivity (Wildman–Crippen MR) is 96.4 cm³/mol. The molecule has 4 aromatic heterocycles. The van der Waals surface area contributed by atoms with Crippen molar-refractivity contribution >= 4 is 22.1 Å². The number of benzene rings is 1. The Bertz CT molecular complexity index is 1200. The summed E-state index contributed by atoms with van der Waals surface area (Å²) in [6.45, 7) is 0. The maximum atomic E-state index is 4.84. The number of aromatic nitrogens is 6. The highest BCUT2D eigenvalue weighted by molar-refractivity contribution is 5.91. The van der Waals surface area contributed by atoms with Crippen LogP contribution in [0.4, 0.5) is 0 Å². The molecule has 0 atom stereocenters. The Kier molecular flexibility index (Phi) is 2.90. The largest absolute Gasteiger partial charge is 0.335 e. The smallest absolute Gasteiger partial charge is 0.238 e. The van der Waals surface area contributed by atoms with Crippen molar-refractivity contribution in [3.05, 3.63) is 67.4 Å². The van der Waals surface area contributed by atoms with Crippen molar-refractivity contribution in [1.82, 2.24) is 29.1 Å². The minimum atomic E-state index is 0.599. The first-order valence-electron chi connectivity index (χ1n) is 7.97. The van der Waals surface area contributed by atoms with Gasteiger partial charge in [0, 0.05) is 36.6 Å². The fourth-order valence-corrected chi connectivity index (χ4v) is 3.07. The van der Waals surface area contributed by atoms with Gasteiger partial charge in [-0.2, -0.15) is 4.98 Å². The molecule has 0 fully saturated rings. The van der Waals surface area contributed by atoms with Crippen molar-refractivity contribution in [1.29, 1.82) is 0 Å². The Morgan fingerprint density at radius 1 is 0.960 bits per heavy atom. The second-order valence-corrected chi connectivity index (χ2v) is 5.88. The molecule has 6 heteroatoms. The summed E-state index contributed by atoms with van der Waals surface area (Å²) in [6, 6.07) is 13.9. The number of para-hydroxylation sites is 2. The molecule has 0 amide bonds. The fourth-order valence-electron chi connectivity index (χ4n) is 3.07. The molecule has 0 N–H and O–H groups in total. The quantitative estimate of drug-likeness (QED) is 0.499. The van der Waals surface area contributed by atoms with Gasteiger partial charge in [-0.15, -0.1) is 0 Å². The number of fused-ring (bicyclic) bond motifs is 2. The van der Waals surface area contributed by atoms with Gasteiger partial charge in [-0.05, 0) is 30.3 Å². The Hall–Kier alpha value is -3.54. The average Bonchev–Trinajstić information content (AvgIpc) is 3.26. The summed E-state index contributed by atoms with van der Waals surface area (Å²) in [4.78, 5) is 18.3. The Balaban J connectivity index is 1.84. The summed E-state index contributed by atoms with van der Waals surface area (Å²) in [5, 5.41) is 1.00. The van der Waals surface area contributed by atoms with E-state index in [4.69, 9.17) is 9.97 Å². The molecule has 25 heavy (non-hydrogen) atoms. The standard InChI is InChI=1S/C19H14N6/c1-24-10-8-14-17(13-5-4-9-20-11-13)22-19(23-18(14)24)25-12-21-15-6-2-3-7-16(15)25/h2-12H,1H3. The van der Waals surface area contributed by atoms with Crippen LogP contribution < -0.4 is 0 Å². The minimum Gasteiger partial charge on any atom is -0.335 e. The first kappa shape index (κ1) is 13.9. The van der Waals surface area contributed by atoms with Crippen LogP contribution in [0.3, 0.4) is 0 Å². The van der Waals surface area contributed by atoms with E-state index in [1.54, 1.807) is 12.5 Å². The van der Waals surface area contributed by atoms with E-state index in [0.717, 1.165) is 33.3 Å². The number of rotatable bonds is 2. The summed E-state index contributed by atoms with van der Waals surface area (Å²) < 4.78 is 3.92. The van der Waals surface area contributed by atoms with Crippen LogP contribution in [-0.4, -0.2) is 29.1 Å². The van der Waals surface area contributed by atoms with E-state index in [1.165, 1.54) is 0 Å². The van der Waals surface area contributed by atoms with Gasteiger partial charge in [-0.3, -0.25) is 9.55 Å². The van der Waals surface area contributed by atoms with E-state index >= 15 is 0 Å². The zero-order valence-corrected chi connectivity index (χ0v) is 13.5. The molecule has 0 unspecified atom stereocenters. The normalized spacial score (nSPS) is 11.4. The third-order valence-electron chi connectivity index (χ3n) is 4.32. The highest BCUT2D eigenvalue weighted by Crippen LogP contribution is 2.27. The van der Waals surface area contributed by atoms with E-state index in [0.29, 0.717) is 5.95 Å². The number of nitrogens with zero attached hydrogens (tertiary/aromatic N) is 6. The number of imidazole rings is 1. The maximum absolute atomic E-state index is 4.84. The Morgan fingerprint density at radius 2 is 1.88 bits per heavy atom. The van der Waals surface area contributed by atoms with Crippen molar-refractivity contribution in [2.24, 2.45) is 7.05 Å². The van der Waals surface area contributed by atoms with Gasteiger partial charge in [-0.1, -0.05) is 12.1 Å². The Labute approximate surface area is 143 Å². The maximum Gasteiger partial charge on any atom is 0.238 e. The lowest BCUT2D eigenvalue weighted by atomic mass is 10.1. The van der Waals surface area contributed by atoms with Gasteiger partial charge in [0.05, 0.1) is 16.7 Å². The van der Waals surface area contributed by atoms with Crippen molar-refractivity contribution in [2.45, 2.75) is 0 Å². The molecule has 0 saturated heterocycles. The Morgan fingerprint density at radius 3 is 2.76 bits per heavy atom. The summed E-state index contributed by atoms with van der Waals surface area (Å²) in [5.74, 6) is 0.599. The summed E-state index contributed by atoms with van der Waals surface area (Å²) in [6.07, 6.45) is 7.35. The number of pyridine rings is 1. The molecule has 120 valence electrons. The lowest BCUT2D eigenvalue weighted by Crippen LogP contribution is -2.03. The van der Waals surface area contributed by atoms with E-state index in [2.05, 4.69) is 9.97 Å². The second kappa shape index (κ2) is 5.24. The first-order chi connectivity index (χ1) is 12.3. The molecule has 0 bridgehead atoms. The highest BCUT2D eigenvalue weighted by Gasteiger charge is 2.15. The molecular weight excluding hydrogens is 312 g/mol. The molecule has 0 aliphatic carbocycles. The molecule has 5 rings (SSSR count). The third kappa shape index (κ3) is 2.11. The molecule has 0 aliphatic rings. The van der Waals surface area contributed by atoms with Crippen molar-refractivity contribution in [2.75, 3.05) is 0 Å². The molecule has 6 nitrogen and oxygen atoms in total. The van der Waals surface area contributed by atoms with E-state index in [9.17, 15) is 0 Å². The summed E-state index contributed by atoms with van der Waals surface area (Å²) >= 11 is 0. The molecule has 4 heterocycles. The van der Waals surface area contributed by atoms with Crippen LogP contribution >= 0.6 is 0 Å². The van der Waals surface area contributed by atoms with Crippen molar-refractivity contribution < 1.29 is 0 Å². The predicted octanol–water partition coefficient (Wildman–Crippen LogP) is 3.37. The van der Waals surface area contributed by atoms with Gasteiger partial charge in [-0.25, -0.2) is 9.97 Å². The van der Waals surface area contributed by atoms with E-state index < -0.39 is 0 Å². The van der Waals surface area contributed by atoms with Crippen LogP contribution in [0.15, 0.2) is 67.4 Å². The van der Waals surface area contributed by atoms with Gasteiger partial charge in [0.2, 0.25) is 5.95 Å². The molecule has 0 aliphatic heterocycles. The van der Waals surface area contributed by atoms with E-state index in [1.807, 2.05) is 71.0 Å². The molecule has 5 aromatic rings. The SMILES string of the molecule is Cn1ccc2c(-c3cccnc3)nc(-n3cnc4ccccc43)nc21. The number of hydrogen-bond donors (Lipinski definition) is 0. The summed E-state index contributed by atoms with van der Waals surface area (Å²) in [7, 11) is 1.98. The van der Waals surface area contributed by atoms with E-state index in [-0.39, 0.29) is 0 Å². The van der Waals surface area contributed by atoms with Gasteiger partial charge in [0.15, 0.2) is 0 Å². The van der Waals surface area contributed by atoms with Gasteiger partial charge in [0.25, 0.3) is 0 Å². The lowest BCUT2D eigenvalue weighted by molar-refractivity contribution is 0.912. The average molecular weight is 326 g/mol. The lowest BCUT2D eigenvalue weighted by Gasteiger charge is -2.08. The van der Waals surface area contributed by atoms with Crippen LogP contribution in [0.5, 0.6) is 0 Å². The topological polar surface area (TPSA) is 61.4 Å².